The molecule has 1 fully saturated rings. The molecule has 1 aromatic rings. The molecule has 0 spiro atoms. The fourth-order valence-corrected chi connectivity index (χ4v) is 1.47. The van der Waals surface area contributed by atoms with Crippen molar-refractivity contribution in [1.82, 2.24) is 0 Å². The van der Waals surface area contributed by atoms with Crippen LogP contribution >= 0.6 is 11.6 Å². The average Bonchev–Trinajstić information content (AvgIpc) is 2.11. The number of hydrogen-bond acceptors (Lipinski definition) is 3. The van der Waals surface area contributed by atoms with Crippen molar-refractivity contribution in [2.45, 2.75) is 0 Å². The summed E-state index contributed by atoms with van der Waals surface area (Å²) in [6.07, 6.45) is 0. The first-order chi connectivity index (χ1) is 7.16. The molecule has 0 unspecified atom stereocenters. The Bertz CT molecular complexity index is 369. The van der Waals surface area contributed by atoms with E-state index in [0.29, 0.717) is 36.5 Å². The van der Waals surface area contributed by atoms with Crippen LogP contribution in [-0.4, -0.2) is 19.8 Å². The highest BCUT2D eigenvalue weighted by Gasteiger charge is 2.19. The van der Waals surface area contributed by atoms with Gasteiger partial charge in [0.1, 0.15) is 11.6 Å². The van der Waals surface area contributed by atoms with Crippen LogP contribution in [0.5, 0.6) is 5.75 Å². The zero-order valence-corrected chi connectivity index (χ0v) is 8.76. The summed E-state index contributed by atoms with van der Waals surface area (Å²) in [5, 5.41) is 0.328. The van der Waals surface area contributed by atoms with E-state index in [1.807, 2.05) is 0 Å². The topological polar surface area (TPSA) is 44.5 Å². The number of anilines is 1. The molecule has 0 atom stereocenters. The first-order valence-electron chi connectivity index (χ1n) is 4.62. The van der Waals surface area contributed by atoms with Crippen molar-refractivity contribution >= 4 is 17.3 Å². The quantitative estimate of drug-likeness (QED) is 0.811. The fourth-order valence-electron chi connectivity index (χ4n) is 1.24. The van der Waals surface area contributed by atoms with Gasteiger partial charge in [0.05, 0.1) is 30.5 Å². The van der Waals surface area contributed by atoms with Crippen molar-refractivity contribution in [3.8, 4) is 5.75 Å². The van der Waals surface area contributed by atoms with Gasteiger partial charge >= 0.3 is 0 Å². The summed E-state index contributed by atoms with van der Waals surface area (Å²) in [6.45, 7) is 1.87. The molecule has 1 heterocycles. The molecular formula is C10H11ClFNO2. The Hall–Kier alpha value is -1.00. The average molecular weight is 232 g/mol. The molecule has 0 aromatic heterocycles. The molecule has 15 heavy (non-hydrogen) atoms. The second-order valence-corrected chi connectivity index (χ2v) is 3.93. The van der Waals surface area contributed by atoms with Crippen LogP contribution in [0.4, 0.5) is 10.1 Å². The van der Waals surface area contributed by atoms with Gasteiger partial charge in [-0.2, -0.15) is 0 Å². The van der Waals surface area contributed by atoms with E-state index in [-0.39, 0.29) is 5.69 Å². The van der Waals surface area contributed by atoms with Crippen LogP contribution in [-0.2, 0) is 4.74 Å². The lowest BCUT2D eigenvalue weighted by Crippen LogP contribution is -2.32. The second kappa shape index (κ2) is 4.24. The Labute approximate surface area is 91.9 Å². The van der Waals surface area contributed by atoms with Gasteiger partial charge in [0.2, 0.25) is 0 Å². The molecule has 2 rings (SSSR count). The molecule has 0 saturated carbocycles. The summed E-state index contributed by atoms with van der Waals surface area (Å²) in [7, 11) is 0. The second-order valence-electron chi connectivity index (χ2n) is 3.52. The van der Waals surface area contributed by atoms with Crippen LogP contribution in [0.15, 0.2) is 12.1 Å². The van der Waals surface area contributed by atoms with Crippen LogP contribution in [0.1, 0.15) is 0 Å². The molecule has 2 N–H and O–H groups in total. The smallest absolute Gasteiger partial charge is 0.149 e. The number of nitrogen functional groups attached to an aromatic ring is 1. The van der Waals surface area contributed by atoms with E-state index in [2.05, 4.69) is 0 Å². The van der Waals surface area contributed by atoms with Crippen molar-refractivity contribution in [2.75, 3.05) is 25.6 Å². The molecule has 0 radical (unpaired) electrons. The number of ether oxygens (including phenoxy) is 2. The molecule has 0 amide bonds. The van der Waals surface area contributed by atoms with Gasteiger partial charge in [-0.15, -0.1) is 0 Å². The maximum absolute atomic E-state index is 13.1. The monoisotopic (exact) mass is 231 g/mol. The van der Waals surface area contributed by atoms with Crippen LogP contribution in [0.3, 0.4) is 0 Å². The van der Waals surface area contributed by atoms with Crippen LogP contribution in [0.2, 0.25) is 5.02 Å². The Balaban J connectivity index is 2.03. The summed E-state index contributed by atoms with van der Waals surface area (Å²) in [5.41, 5.74) is 5.37. The van der Waals surface area contributed by atoms with E-state index >= 15 is 0 Å². The maximum Gasteiger partial charge on any atom is 0.149 e. The van der Waals surface area contributed by atoms with Crippen LogP contribution < -0.4 is 10.5 Å². The highest BCUT2D eigenvalue weighted by atomic mass is 35.5. The normalized spacial score (nSPS) is 16.1. The molecule has 1 aromatic carbocycles. The Morgan fingerprint density at radius 2 is 2.27 bits per heavy atom. The maximum atomic E-state index is 13.1. The van der Waals surface area contributed by atoms with Crippen LogP contribution in [0.25, 0.3) is 0 Å². The predicted molar refractivity (Wildman–Crippen MR) is 55.6 cm³/mol. The number of halogens is 2. The summed E-state index contributed by atoms with van der Waals surface area (Å²) in [4.78, 5) is 0. The highest BCUT2D eigenvalue weighted by molar-refractivity contribution is 6.32. The van der Waals surface area contributed by atoms with E-state index in [9.17, 15) is 4.39 Å². The third-order valence-corrected chi connectivity index (χ3v) is 2.53. The van der Waals surface area contributed by atoms with E-state index in [1.165, 1.54) is 12.1 Å². The Morgan fingerprint density at radius 1 is 1.53 bits per heavy atom. The summed E-state index contributed by atoms with van der Waals surface area (Å²) < 4.78 is 23.4. The van der Waals surface area contributed by atoms with E-state index in [4.69, 9.17) is 26.8 Å². The number of benzene rings is 1. The number of hydrogen-bond donors (Lipinski definition) is 1. The molecule has 1 saturated heterocycles. The highest BCUT2D eigenvalue weighted by Crippen LogP contribution is 2.29. The van der Waals surface area contributed by atoms with Gasteiger partial charge in [0.15, 0.2) is 0 Å². The van der Waals surface area contributed by atoms with Crippen molar-refractivity contribution in [2.24, 2.45) is 5.92 Å². The first-order valence-corrected chi connectivity index (χ1v) is 4.99. The van der Waals surface area contributed by atoms with Gasteiger partial charge < -0.3 is 15.2 Å². The molecule has 1 aliphatic rings. The molecule has 82 valence electrons. The Kier molecular flexibility index (Phi) is 2.98. The van der Waals surface area contributed by atoms with Crippen molar-refractivity contribution in [3.63, 3.8) is 0 Å². The third-order valence-electron chi connectivity index (χ3n) is 2.23. The third kappa shape index (κ3) is 2.33. The minimum atomic E-state index is -0.515. The summed E-state index contributed by atoms with van der Waals surface area (Å²) in [5.74, 6) is 0.191. The first kappa shape index (κ1) is 10.5. The molecule has 0 bridgehead atoms. The Morgan fingerprint density at radius 3 is 2.87 bits per heavy atom. The van der Waals surface area contributed by atoms with E-state index < -0.39 is 5.82 Å². The summed E-state index contributed by atoms with van der Waals surface area (Å²) in [6, 6.07) is 2.56. The van der Waals surface area contributed by atoms with Gasteiger partial charge in [0, 0.05) is 12.0 Å². The lowest BCUT2D eigenvalue weighted by molar-refractivity contribution is -0.0508. The van der Waals surface area contributed by atoms with E-state index in [1.54, 1.807) is 0 Å². The zero-order valence-electron chi connectivity index (χ0n) is 8.00. The van der Waals surface area contributed by atoms with Gasteiger partial charge in [-0.05, 0) is 6.07 Å². The van der Waals surface area contributed by atoms with Crippen molar-refractivity contribution in [1.29, 1.82) is 0 Å². The predicted octanol–water partition coefficient (Wildman–Crippen LogP) is 2.09. The number of nitrogens with two attached hydrogens (primary N) is 1. The minimum Gasteiger partial charge on any atom is -0.491 e. The van der Waals surface area contributed by atoms with Crippen molar-refractivity contribution < 1.29 is 13.9 Å². The largest absolute Gasteiger partial charge is 0.491 e. The molecular weight excluding hydrogens is 221 g/mol. The molecule has 0 aliphatic carbocycles. The number of rotatable bonds is 3. The molecule has 3 nitrogen and oxygen atoms in total. The zero-order chi connectivity index (χ0) is 10.8. The van der Waals surface area contributed by atoms with E-state index in [0.717, 1.165) is 0 Å². The van der Waals surface area contributed by atoms with Crippen LogP contribution in [0, 0.1) is 11.7 Å². The fraction of sp³-hybridized carbons (Fsp3) is 0.400. The van der Waals surface area contributed by atoms with Gasteiger partial charge in [0.25, 0.3) is 0 Å². The lowest BCUT2D eigenvalue weighted by Gasteiger charge is -2.25. The molecule has 5 heteroatoms. The summed E-state index contributed by atoms with van der Waals surface area (Å²) >= 11 is 5.84. The standard InChI is InChI=1S/C10H11ClFNO2/c11-7-1-9(13)8(12)2-10(7)15-5-6-3-14-4-6/h1-2,6H,3-5,13H2. The minimum absolute atomic E-state index is 0.0272. The van der Waals surface area contributed by atoms with Gasteiger partial charge in [-0.3, -0.25) is 0 Å². The molecule has 1 aliphatic heterocycles. The SMILES string of the molecule is Nc1cc(Cl)c(OCC2COC2)cc1F. The van der Waals surface area contributed by atoms with Crippen molar-refractivity contribution in [3.05, 3.63) is 23.0 Å². The van der Waals surface area contributed by atoms with Gasteiger partial charge in [-0.1, -0.05) is 11.6 Å². The van der Waals surface area contributed by atoms with Gasteiger partial charge in [-0.25, -0.2) is 4.39 Å². The lowest BCUT2D eigenvalue weighted by atomic mass is 10.1.